The summed E-state index contributed by atoms with van der Waals surface area (Å²) in [6, 6.07) is 14.5. The molecule has 6 nitrogen and oxygen atoms in total. The molecule has 142 valence electrons. The van der Waals surface area contributed by atoms with Crippen LogP contribution in [0.5, 0.6) is 0 Å². The van der Waals surface area contributed by atoms with Gasteiger partial charge in [0.1, 0.15) is 0 Å². The van der Waals surface area contributed by atoms with E-state index in [4.69, 9.17) is 16.3 Å². The molecule has 0 unspecified atom stereocenters. The Bertz CT molecular complexity index is 946. The van der Waals surface area contributed by atoms with Gasteiger partial charge in [-0.1, -0.05) is 35.9 Å². The molecule has 0 radical (unpaired) electrons. The molecule has 2 aromatic carbocycles. The van der Waals surface area contributed by atoms with Crippen molar-refractivity contribution in [3.8, 4) is 0 Å². The van der Waals surface area contributed by atoms with Crippen molar-refractivity contribution in [1.29, 1.82) is 0 Å². The monoisotopic (exact) mass is 407 g/mol. The number of amides is 1. The molecule has 0 bridgehead atoms. The van der Waals surface area contributed by atoms with E-state index in [2.05, 4.69) is 0 Å². The number of sulfone groups is 1. The summed E-state index contributed by atoms with van der Waals surface area (Å²) in [6.45, 7) is -0.489. The van der Waals surface area contributed by atoms with E-state index in [1.165, 1.54) is 17.0 Å². The fourth-order valence-corrected chi connectivity index (χ4v) is 4.91. The third kappa shape index (κ3) is 4.87. The molecule has 1 heterocycles. The summed E-state index contributed by atoms with van der Waals surface area (Å²) in [7, 11) is -3.18. The van der Waals surface area contributed by atoms with Gasteiger partial charge in [-0.25, -0.2) is 13.2 Å². The highest BCUT2D eigenvalue weighted by molar-refractivity contribution is 7.91. The molecule has 0 aromatic heterocycles. The number of para-hydroxylation sites is 1. The highest BCUT2D eigenvalue weighted by atomic mass is 35.5. The van der Waals surface area contributed by atoms with Crippen LogP contribution in [0, 0.1) is 0 Å². The number of nitrogens with zero attached hydrogens (tertiary/aromatic N) is 1. The number of rotatable bonds is 5. The topological polar surface area (TPSA) is 80.8 Å². The highest BCUT2D eigenvalue weighted by Gasteiger charge is 2.35. The third-order valence-electron chi connectivity index (χ3n) is 4.26. The minimum Gasteiger partial charge on any atom is -0.452 e. The molecular formula is C19H18ClNO5S. The Morgan fingerprint density at radius 3 is 2.48 bits per heavy atom. The fraction of sp³-hybridized carbons (Fsp3) is 0.263. The second kappa shape index (κ2) is 8.10. The van der Waals surface area contributed by atoms with Gasteiger partial charge in [0.05, 0.1) is 23.1 Å². The second-order valence-corrected chi connectivity index (χ2v) is 8.91. The van der Waals surface area contributed by atoms with E-state index >= 15 is 0 Å². The van der Waals surface area contributed by atoms with Crippen molar-refractivity contribution in [2.75, 3.05) is 23.0 Å². The molecular weight excluding hydrogens is 390 g/mol. The smallest absolute Gasteiger partial charge is 0.338 e. The Balaban J connectivity index is 1.74. The van der Waals surface area contributed by atoms with Crippen LogP contribution in [-0.4, -0.2) is 44.4 Å². The van der Waals surface area contributed by atoms with Crippen LogP contribution in [0.1, 0.15) is 16.8 Å². The van der Waals surface area contributed by atoms with Crippen molar-refractivity contribution in [2.45, 2.75) is 12.5 Å². The lowest BCUT2D eigenvalue weighted by Gasteiger charge is -2.28. The van der Waals surface area contributed by atoms with Crippen molar-refractivity contribution in [1.82, 2.24) is 0 Å². The van der Waals surface area contributed by atoms with E-state index < -0.39 is 34.4 Å². The standard InChI is InChI=1S/C19H18ClNO5S/c20-15-6-4-5-14(11-15)19(23)26-12-18(22)21(16-7-2-1-3-8-16)17-9-10-27(24,25)13-17/h1-8,11,17H,9-10,12-13H2/t17-/m1/s1. The summed E-state index contributed by atoms with van der Waals surface area (Å²) < 4.78 is 28.8. The van der Waals surface area contributed by atoms with Gasteiger partial charge in [0, 0.05) is 10.7 Å². The molecule has 1 fully saturated rings. The number of carbonyl (C=O) groups is 2. The summed E-state index contributed by atoms with van der Waals surface area (Å²) in [5.41, 5.74) is 0.813. The number of hydrogen-bond acceptors (Lipinski definition) is 5. The lowest BCUT2D eigenvalue weighted by atomic mass is 10.2. The summed E-state index contributed by atoms with van der Waals surface area (Å²) in [5, 5.41) is 0.387. The summed E-state index contributed by atoms with van der Waals surface area (Å²) >= 11 is 5.86. The van der Waals surface area contributed by atoms with Crippen LogP contribution in [0.4, 0.5) is 5.69 Å². The van der Waals surface area contributed by atoms with Crippen molar-refractivity contribution in [3.05, 3.63) is 65.2 Å². The van der Waals surface area contributed by atoms with Gasteiger partial charge in [-0.3, -0.25) is 4.79 Å². The SMILES string of the molecule is O=C(OCC(=O)N(c1ccccc1)[C@@H]1CCS(=O)(=O)C1)c1cccc(Cl)c1. The van der Waals surface area contributed by atoms with Crippen LogP contribution in [0.15, 0.2) is 54.6 Å². The Hall–Kier alpha value is -2.38. The second-order valence-electron chi connectivity index (χ2n) is 6.24. The maximum Gasteiger partial charge on any atom is 0.338 e. The number of hydrogen-bond donors (Lipinski definition) is 0. The maximum atomic E-state index is 12.8. The zero-order valence-electron chi connectivity index (χ0n) is 14.4. The van der Waals surface area contributed by atoms with Gasteiger partial charge in [0.25, 0.3) is 5.91 Å². The van der Waals surface area contributed by atoms with Crippen molar-refractivity contribution in [3.63, 3.8) is 0 Å². The average molecular weight is 408 g/mol. The van der Waals surface area contributed by atoms with E-state index in [0.717, 1.165) is 0 Å². The largest absolute Gasteiger partial charge is 0.452 e. The fourth-order valence-electron chi connectivity index (χ4n) is 3.02. The number of benzene rings is 2. The minimum atomic E-state index is -3.18. The lowest BCUT2D eigenvalue weighted by Crippen LogP contribution is -2.43. The summed E-state index contributed by atoms with van der Waals surface area (Å²) in [5.74, 6) is -1.21. The zero-order chi connectivity index (χ0) is 19.4. The molecule has 0 aliphatic carbocycles. The lowest BCUT2D eigenvalue weighted by molar-refractivity contribution is -0.122. The van der Waals surface area contributed by atoms with Crippen molar-refractivity contribution >= 4 is 39.0 Å². The summed E-state index contributed by atoms with van der Waals surface area (Å²) in [6.07, 6.45) is 0.352. The van der Waals surface area contributed by atoms with Crippen molar-refractivity contribution in [2.24, 2.45) is 0 Å². The molecule has 2 aromatic rings. The van der Waals surface area contributed by atoms with Gasteiger partial charge in [-0.15, -0.1) is 0 Å². The zero-order valence-corrected chi connectivity index (χ0v) is 15.9. The van der Waals surface area contributed by atoms with E-state index in [-0.39, 0.29) is 17.1 Å². The number of anilines is 1. The molecule has 8 heteroatoms. The Kier molecular flexibility index (Phi) is 5.82. The van der Waals surface area contributed by atoms with Crippen LogP contribution in [0.3, 0.4) is 0 Å². The predicted molar refractivity (Wildman–Crippen MR) is 103 cm³/mol. The first-order valence-corrected chi connectivity index (χ1v) is 10.6. The van der Waals surface area contributed by atoms with Gasteiger partial charge >= 0.3 is 5.97 Å². The van der Waals surface area contributed by atoms with Gasteiger partial charge in [-0.05, 0) is 36.8 Å². The highest BCUT2D eigenvalue weighted by Crippen LogP contribution is 2.24. The van der Waals surface area contributed by atoms with E-state index in [9.17, 15) is 18.0 Å². The van der Waals surface area contributed by atoms with E-state index in [0.29, 0.717) is 17.1 Å². The molecule has 27 heavy (non-hydrogen) atoms. The quantitative estimate of drug-likeness (QED) is 0.712. The summed E-state index contributed by atoms with van der Waals surface area (Å²) in [4.78, 5) is 26.3. The first-order chi connectivity index (χ1) is 12.9. The van der Waals surface area contributed by atoms with Crippen LogP contribution in [0.2, 0.25) is 5.02 Å². The van der Waals surface area contributed by atoms with E-state index in [1.807, 2.05) is 0 Å². The van der Waals surface area contributed by atoms with Crippen LogP contribution < -0.4 is 4.90 Å². The van der Waals surface area contributed by atoms with Gasteiger partial charge in [0.2, 0.25) is 0 Å². The molecule has 0 spiro atoms. The van der Waals surface area contributed by atoms with E-state index in [1.54, 1.807) is 42.5 Å². The van der Waals surface area contributed by atoms with Crippen LogP contribution >= 0.6 is 11.6 Å². The number of carbonyl (C=O) groups excluding carboxylic acids is 2. The molecule has 1 aliphatic rings. The first-order valence-electron chi connectivity index (χ1n) is 8.36. The normalized spacial score (nSPS) is 18.0. The Labute approximate surface area is 162 Å². The third-order valence-corrected chi connectivity index (χ3v) is 6.25. The molecule has 1 saturated heterocycles. The minimum absolute atomic E-state index is 0.0383. The molecule has 0 N–H and O–H groups in total. The molecule has 1 amide bonds. The van der Waals surface area contributed by atoms with Gasteiger partial charge in [0.15, 0.2) is 16.4 Å². The molecule has 1 atom stereocenters. The maximum absolute atomic E-state index is 12.8. The number of halogens is 1. The molecule has 0 saturated carbocycles. The molecule has 1 aliphatic heterocycles. The predicted octanol–water partition coefficient (Wildman–Crippen LogP) is 2.72. The van der Waals surface area contributed by atoms with Crippen LogP contribution in [0.25, 0.3) is 0 Å². The molecule has 3 rings (SSSR count). The van der Waals surface area contributed by atoms with Gasteiger partial charge in [-0.2, -0.15) is 0 Å². The van der Waals surface area contributed by atoms with Crippen LogP contribution in [-0.2, 0) is 19.4 Å². The number of esters is 1. The first kappa shape index (κ1) is 19.4. The number of ether oxygens (including phenoxy) is 1. The Morgan fingerprint density at radius 2 is 1.85 bits per heavy atom. The average Bonchev–Trinajstić information content (AvgIpc) is 3.00. The van der Waals surface area contributed by atoms with Gasteiger partial charge < -0.3 is 9.64 Å². The van der Waals surface area contributed by atoms with Crippen molar-refractivity contribution < 1.29 is 22.7 Å². The Morgan fingerprint density at radius 1 is 1.11 bits per heavy atom.